The van der Waals surface area contributed by atoms with Crippen LogP contribution in [0.5, 0.6) is 0 Å². The van der Waals surface area contributed by atoms with Crippen molar-refractivity contribution < 1.29 is 14.6 Å². The lowest BCUT2D eigenvalue weighted by Gasteiger charge is -2.23. The van der Waals surface area contributed by atoms with Crippen molar-refractivity contribution in [2.75, 3.05) is 20.8 Å². The number of thiophene rings is 1. The molecule has 1 aromatic heterocycles. The summed E-state index contributed by atoms with van der Waals surface area (Å²) in [7, 11) is 3.30. The molecule has 0 bridgehead atoms. The molecule has 4 nitrogen and oxygen atoms in total. The predicted octanol–water partition coefficient (Wildman–Crippen LogP) is 1.28. The largest absolute Gasteiger partial charge is 0.480 e. The Kier molecular flexibility index (Phi) is 4.74. The fraction of sp³-hybridized carbons (Fsp3) is 0.500. The van der Waals surface area contributed by atoms with Crippen molar-refractivity contribution in [3.05, 3.63) is 22.4 Å². The van der Waals surface area contributed by atoms with Gasteiger partial charge in [-0.2, -0.15) is 11.3 Å². The van der Waals surface area contributed by atoms with Gasteiger partial charge in [-0.15, -0.1) is 0 Å². The Bertz CT molecular complexity index is 300. The van der Waals surface area contributed by atoms with Crippen molar-refractivity contribution in [2.45, 2.75) is 12.6 Å². The van der Waals surface area contributed by atoms with Crippen LogP contribution in [-0.4, -0.2) is 42.8 Å². The molecule has 0 saturated carbocycles. The fourth-order valence-corrected chi connectivity index (χ4v) is 1.99. The molecule has 0 fully saturated rings. The number of methoxy groups -OCH3 is 1. The summed E-state index contributed by atoms with van der Waals surface area (Å²) < 4.78 is 4.89. The van der Waals surface area contributed by atoms with Gasteiger partial charge in [0.15, 0.2) is 0 Å². The molecule has 84 valence electrons. The summed E-state index contributed by atoms with van der Waals surface area (Å²) in [4.78, 5) is 12.7. The SMILES string of the molecule is COCC(C(=O)O)N(C)Cc1ccsc1. The van der Waals surface area contributed by atoms with Crippen molar-refractivity contribution in [1.29, 1.82) is 0 Å². The van der Waals surface area contributed by atoms with Gasteiger partial charge in [-0.25, -0.2) is 0 Å². The van der Waals surface area contributed by atoms with Crippen molar-refractivity contribution in [3.8, 4) is 0 Å². The zero-order valence-electron chi connectivity index (χ0n) is 8.84. The Hall–Kier alpha value is -0.910. The first-order valence-corrected chi connectivity index (χ1v) is 5.52. The second-order valence-corrected chi connectivity index (χ2v) is 4.14. The predicted molar refractivity (Wildman–Crippen MR) is 59.1 cm³/mol. The molecule has 1 heterocycles. The Morgan fingerprint density at radius 1 is 1.73 bits per heavy atom. The molecule has 5 heteroatoms. The van der Waals surface area contributed by atoms with Gasteiger partial charge < -0.3 is 9.84 Å². The van der Waals surface area contributed by atoms with Crippen LogP contribution in [0, 0.1) is 0 Å². The van der Waals surface area contributed by atoms with Crippen LogP contribution in [0.1, 0.15) is 5.56 Å². The van der Waals surface area contributed by atoms with Crippen molar-refractivity contribution in [2.24, 2.45) is 0 Å². The van der Waals surface area contributed by atoms with Crippen LogP contribution in [0.2, 0.25) is 0 Å². The lowest BCUT2D eigenvalue weighted by atomic mass is 10.2. The third kappa shape index (κ3) is 3.62. The highest BCUT2D eigenvalue weighted by molar-refractivity contribution is 7.07. The third-order valence-electron chi connectivity index (χ3n) is 2.15. The number of carboxylic acid groups (broad SMARTS) is 1. The summed E-state index contributed by atoms with van der Waals surface area (Å²) >= 11 is 1.61. The maximum Gasteiger partial charge on any atom is 0.323 e. The molecule has 15 heavy (non-hydrogen) atoms. The summed E-state index contributed by atoms with van der Waals surface area (Å²) in [6.45, 7) is 0.833. The highest BCUT2D eigenvalue weighted by Crippen LogP contribution is 2.10. The van der Waals surface area contributed by atoms with Crippen LogP contribution in [0.3, 0.4) is 0 Å². The summed E-state index contributed by atoms with van der Waals surface area (Å²) in [6.07, 6.45) is 0. The first-order chi connectivity index (χ1) is 7.15. The minimum absolute atomic E-state index is 0.204. The quantitative estimate of drug-likeness (QED) is 0.798. The van der Waals surface area contributed by atoms with E-state index in [2.05, 4.69) is 0 Å². The molecular weight excluding hydrogens is 214 g/mol. The molecule has 0 aromatic carbocycles. The van der Waals surface area contributed by atoms with Gasteiger partial charge in [-0.1, -0.05) is 0 Å². The van der Waals surface area contributed by atoms with E-state index in [9.17, 15) is 4.79 Å². The van der Waals surface area contributed by atoms with E-state index in [-0.39, 0.29) is 6.61 Å². The number of nitrogens with zero attached hydrogens (tertiary/aromatic N) is 1. The smallest absolute Gasteiger partial charge is 0.323 e. The highest BCUT2D eigenvalue weighted by atomic mass is 32.1. The van der Waals surface area contributed by atoms with Gasteiger partial charge in [0.2, 0.25) is 0 Å². The van der Waals surface area contributed by atoms with Gasteiger partial charge in [0.1, 0.15) is 6.04 Å². The van der Waals surface area contributed by atoms with Crippen LogP contribution in [0.15, 0.2) is 16.8 Å². The number of ether oxygens (including phenoxy) is 1. The zero-order chi connectivity index (χ0) is 11.3. The van der Waals surface area contributed by atoms with E-state index in [4.69, 9.17) is 9.84 Å². The van der Waals surface area contributed by atoms with Crippen LogP contribution in [-0.2, 0) is 16.1 Å². The number of rotatable bonds is 6. The van der Waals surface area contributed by atoms with Gasteiger partial charge in [-0.05, 0) is 29.4 Å². The number of carbonyl (C=O) groups is 1. The number of aliphatic carboxylic acids is 1. The number of hydrogen-bond donors (Lipinski definition) is 1. The Morgan fingerprint density at radius 2 is 2.47 bits per heavy atom. The number of hydrogen-bond acceptors (Lipinski definition) is 4. The van der Waals surface area contributed by atoms with E-state index in [1.807, 2.05) is 16.8 Å². The highest BCUT2D eigenvalue weighted by Gasteiger charge is 2.22. The van der Waals surface area contributed by atoms with Gasteiger partial charge in [0, 0.05) is 13.7 Å². The topological polar surface area (TPSA) is 49.8 Å². The summed E-state index contributed by atoms with van der Waals surface area (Å²) in [5.41, 5.74) is 1.13. The standard InChI is InChI=1S/C10H15NO3S/c1-11(5-8-3-4-15-7-8)9(6-14-2)10(12)13/h3-4,7,9H,5-6H2,1-2H3,(H,12,13). The molecular formula is C10H15NO3S. The monoisotopic (exact) mass is 229 g/mol. The van der Waals surface area contributed by atoms with Crippen LogP contribution < -0.4 is 0 Å². The molecule has 1 atom stereocenters. The molecule has 1 unspecified atom stereocenters. The van der Waals surface area contributed by atoms with Gasteiger partial charge >= 0.3 is 5.97 Å². The fourth-order valence-electron chi connectivity index (χ4n) is 1.33. The van der Waals surface area contributed by atoms with E-state index in [1.165, 1.54) is 7.11 Å². The van der Waals surface area contributed by atoms with Gasteiger partial charge in [0.25, 0.3) is 0 Å². The summed E-state index contributed by atoms with van der Waals surface area (Å²) in [5, 5.41) is 13.0. The number of carboxylic acids is 1. The Balaban J connectivity index is 2.56. The van der Waals surface area contributed by atoms with E-state index < -0.39 is 12.0 Å². The molecule has 1 aromatic rings. The van der Waals surface area contributed by atoms with Crippen molar-refractivity contribution >= 4 is 17.3 Å². The molecule has 1 N–H and O–H groups in total. The molecule has 0 saturated heterocycles. The molecule has 1 rings (SSSR count). The second kappa shape index (κ2) is 5.85. The van der Waals surface area contributed by atoms with Gasteiger partial charge in [0.05, 0.1) is 6.61 Å². The average molecular weight is 229 g/mol. The van der Waals surface area contributed by atoms with E-state index in [0.29, 0.717) is 6.54 Å². The lowest BCUT2D eigenvalue weighted by Crippen LogP contribution is -2.41. The molecule has 0 aliphatic heterocycles. The van der Waals surface area contributed by atoms with Crippen LogP contribution >= 0.6 is 11.3 Å². The zero-order valence-corrected chi connectivity index (χ0v) is 9.66. The number of likely N-dealkylation sites (N-methyl/N-ethyl adjacent to an activating group) is 1. The normalized spacial score (nSPS) is 13.0. The molecule has 0 radical (unpaired) electrons. The maximum atomic E-state index is 10.9. The molecule has 0 aliphatic rings. The molecule has 0 spiro atoms. The Morgan fingerprint density at radius 3 is 2.93 bits per heavy atom. The first kappa shape index (κ1) is 12.2. The van der Waals surface area contributed by atoms with Crippen molar-refractivity contribution in [3.63, 3.8) is 0 Å². The van der Waals surface area contributed by atoms with E-state index in [1.54, 1.807) is 23.3 Å². The second-order valence-electron chi connectivity index (χ2n) is 3.36. The van der Waals surface area contributed by atoms with Crippen LogP contribution in [0.4, 0.5) is 0 Å². The average Bonchev–Trinajstić information content (AvgIpc) is 2.65. The molecule has 0 amide bonds. The minimum Gasteiger partial charge on any atom is -0.480 e. The summed E-state index contributed by atoms with van der Waals surface area (Å²) in [6, 6.07) is 1.40. The van der Waals surface area contributed by atoms with E-state index in [0.717, 1.165) is 5.56 Å². The first-order valence-electron chi connectivity index (χ1n) is 4.58. The minimum atomic E-state index is -0.852. The molecule has 0 aliphatic carbocycles. The van der Waals surface area contributed by atoms with Gasteiger partial charge in [-0.3, -0.25) is 9.69 Å². The maximum absolute atomic E-state index is 10.9. The van der Waals surface area contributed by atoms with E-state index >= 15 is 0 Å². The third-order valence-corrected chi connectivity index (χ3v) is 2.89. The Labute approximate surface area is 93.1 Å². The lowest BCUT2D eigenvalue weighted by molar-refractivity contribution is -0.144. The van der Waals surface area contributed by atoms with Crippen LogP contribution in [0.25, 0.3) is 0 Å². The van der Waals surface area contributed by atoms with Crippen molar-refractivity contribution in [1.82, 2.24) is 4.90 Å². The summed E-state index contributed by atoms with van der Waals surface area (Å²) in [5.74, 6) is -0.852.